The van der Waals surface area contributed by atoms with Crippen molar-refractivity contribution in [2.24, 2.45) is 13.0 Å². The lowest BCUT2D eigenvalue weighted by atomic mass is 9.89. The van der Waals surface area contributed by atoms with E-state index < -0.39 is 0 Å². The van der Waals surface area contributed by atoms with E-state index in [4.69, 9.17) is 0 Å². The van der Waals surface area contributed by atoms with Crippen molar-refractivity contribution in [1.82, 2.24) is 20.4 Å². The Morgan fingerprint density at radius 3 is 2.76 bits per heavy atom. The number of thiophene rings is 1. The average Bonchev–Trinajstić information content (AvgIpc) is 3.42. The molecule has 5 nitrogen and oxygen atoms in total. The summed E-state index contributed by atoms with van der Waals surface area (Å²) in [4.78, 5) is 14.5. The van der Waals surface area contributed by atoms with Gasteiger partial charge in [0.15, 0.2) is 0 Å². The molecule has 2 N–H and O–H groups in total. The maximum absolute atomic E-state index is 13.3. The molecule has 0 aliphatic carbocycles. The first-order valence-corrected chi connectivity index (χ1v) is 10.6. The Kier molecular flexibility index (Phi) is 7.11. The third kappa shape index (κ3) is 4.89. The molecule has 154 valence electrons. The minimum Gasteiger partial charge on any atom is -0.348 e. The highest BCUT2D eigenvalue weighted by molar-refractivity contribution is 7.10. The predicted octanol–water partition coefficient (Wildman–Crippen LogP) is 3.62. The first-order chi connectivity index (χ1) is 13.6. The van der Waals surface area contributed by atoms with Crippen molar-refractivity contribution >= 4 is 29.7 Å². The van der Waals surface area contributed by atoms with Crippen molar-refractivity contribution < 1.29 is 4.79 Å². The average molecular weight is 431 g/mol. The van der Waals surface area contributed by atoms with E-state index in [9.17, 15) is 4.79 Å². The van der Waals surface area contributed by atoms with Crippen molar-refractivity contribution in [3.05, 3.63) is 75.7 Å². The van der Waals surface area contributed by atoms with Gasteiger partial charge in [-0.2, -0.15) is 5.10 Å². The normalized spacial score (nSPS) is 19.5. The molecular formula is C22H27ClN4OS. The molecule has 0 radical (unpaired) electrons. The number of halogens is 1. The maximum atomic E-state index is 13.3. The van der Waals surface area contributed by atoms with Crippen LogP contribution >= 0.6 is 23.7 Å². The third-order valence-corrected chi connectivity index (χ3v) is 6.65. The number of aromatic nitrogens is 2. The fraction of sp³-hybridized carbons (Fsp3) is 0.364. The van der Waals surface area contributed by atoms with Crippen LogP contribution < -0.4 is 10.6 Å². The highest BCUT2D eigenvalue weighted by Crippen LogP contribution is 2.31. The van der Waals surface area contributed by atoms with Crippen molar-refractivity contribution in [3.8, 4) is 0 Å². The number of rotatable bonds is 6. The van der Waals surface area contributed by atoms with Gasteiger partial charge in [-0.15, -0.1) is 23.7 Å². The van der Waals surface area contributed by atoms with Gasteiger partial charge < -0.3 is 10.6 Å². The smallest absolute Gasteiger partial charge is 0.225 e. The first-order valence-electron chi connectivity index (χ1n) is 9.69. The minimum absolute atomic E-state index is 0. The van der Waals surface area contributed by atoms with Crippen LogP contribution in [-0.2, 0) is 18.3 Å². The van der Waals surface area contributed by atoms with Gasteiger partial charge in [-0.05, 0) is 41.5 Å². The fourth-order valence-electron chi connectivity index (χ4n) is 4.02. The molecule has 7 heteroatoms. The number of aryl methyl sites for hydroxylation is 2. The second kappa shape index (κ2) is 9.57. The Morgan fingerprint density at radius 1 is 1.31 bits per heavy atom. The summed E-state index contributed by atoms with van der Waals surface area (Å²) in [5.41, 5.74) is 3.59. The molecule has 0 bridgehead atoms. The molecule has 0 saturated carbocycles. The molecule has 0 spiro atoms. The van der Waals surface area contributed by atoms with Crippen molar-refractivity contribution in [1.29, 1.82) is 0 Å². The number of hydrogen-bond donors (Lipinski definition) is 2. The zero-order valence-corrected chi connectivity index (χ0v) is 18.3. The predicted molar refractivity (Wildman–Crippen MR) is 120 cm³/mol. The van der Waals surface area contributed by atoms with Crippen LogP contribution in [0.3, 0.4) is 0 Å². The first kappa shape index (κ1) is 21.6. The van der Waals surface area contributed by atoms with E-state index in [1.807, 2.05) is 25.5 Å². The summed E-state index contributed by atoms with van der Waals surface area (Å²) in [5, 5.41) is 13.1. The van der Waals surface area contributed by atoms with Gasteiger partial charge in [-0.1, -0.05) is 30.3 Å². The zero-order valence-electron chi connectivity index (χ0n) is 16.7. The van der Waals surface area contributed by atoms with E-state index in [-0.39, 0.29) is 36.2 Å². The van der Waals surface area contributed by atoms with Gasteiger partial charge in [-0.3, -0.25) is 9.48 Å². The zero-order chi connectivity index (χ0) is 19.5. The molecule has 3 heterocycles. The summed E-state index contributed by atoms with van der Waals surface area (Å²) < 4.78 is 1.80. The Balaban J connectivity index is 0.00000240. The molecule has 1 aliphatic rings. The van der Waals surface area contributed by atoms with E-state index in [0.717, 1.165) is 18.5 Å². The molecule has 1 fully saturated rings. The van der Waals surface area contributed by atoms with Crippen LogP contribution in [0.5, 0.6) is 0 Å². The van der Waals surface area contributed by atoms with Crippen molar-refractivity contribution in [2.75, 3.05) is 13.1 Å². The molecule has 4 rings (SSSR count). The number of nitrogens with zero attached hydrogens (tertiary/aromatic N) is 2. The summed E-state index contributed by atoms with van der Waals surface area (Å²) >= 11 is 1.72. The van der Waals surface area contributed by atoms with Gasteiger partial charge in [0, 0.05) is 37.1 Å². The van der Waals surface area contributed by atoms with Crippen LogP contribution in [0.2, 0.25) is 0 Å². The second-order valence-electron chi connectivity index (χ2n) is 7.54. The topological polar surface area (TPSA) is 59.0 Å². The van der Waals surface area contributed by atoms with Gasteiger partial charge in [-0.25, -0.2) is 0 Å². The van der Waals surface area contributed by atoms with E-state index in [1.54, 1.807) is 16.0 Å². The number of carbonyl (C=O) groups is 1. The van der Waals surface area contributed by atoms with E-state index in [0.29, 0.717) is 6.54 Å². The molecular weight excluding hydrogens is 404 g/mol. The lowest BCUT2D eigenvalue weighted by Gasteiger charge is -2.23. The molecule has 1 unspecified atom stereocenters. The SMILES string of the molecule is Cc1ccsc1C(Cc1ccccc1)NC(=O)[C@H]1CNC[C@@H]1c1cnn(C)c1.Cl. The Morgan fingerprint density at radius 2 is 2.10 bits per heavy atom. The summed E-state index contributed by atoms with van der Waals surface area (Å²) in [6, 6.07) is 12.5. The Labute approximate surface area is 181 Å². The number of benzene rings is 1. The lowest BCUT2D eigenvalue weighted by molar-refractivity contribution is -0.125. The van der Waals surface area contributed by atoms with Gasteiger partial charge >= 0.3 is 0 Å². The van der Waals surface area contributed by atoms with Crippen molar-refractivity contribution in [3.63, 3.8) is 0 Å². The number of carbonyl (C=O) groups excluding carboxylic acids is 1. The molecule has 2 aromatic heterocycles. The molecule has 1 amide bonds. The Hall–Kier alpha value is -2.15. The minimum atomic E-state index is -0.0808. The van der Waals surface area contributed by atoms with E-state index >= 15 is 0 Å². The van der Waals surface area contributed by atoms with Crippen LogP contribution in [0.15, 0.2) is 54.2 Å². The molecule has 1 saturated heterocycles. The van der Waals surface area contributed by atoms with Gasteiger partial charge in [0.25, 0.3) is 0 Å². The van der Waals surface area contributed by atoms with E-state index in [2.05, 4.69) is 58.4 Å². The molecule has 1 aliphatic heterocycles. The number of hydrogen-bond acceptors (Lipinski definition) is 4. The summed E-state index contributed by atoms with van der Waals surface area (Å²) in [7, 11) is 1.91. The number of nitrogens with one attached hydrogen (secondary N) is 2. The molecule has 29 heavy (non-hydrogen) atoms. The fourth-order valence-corrected chi connectivity index (χ4v) is 4.99. The van der Waals surface area contributed by atoms with Crippen LogP contribution in [0, 0.1) is 12.8 Å². The number of amides is 1. The highest BCUT2D eigenvalue weighted by Gasteiger charge is 2.35. The second-order valence-corrected chi connectivity index (χ2v) is 8.49. The summed E-state index contributed by atoms with van der Waals surface area (Å²) in [5.74, 6) is 0.200. The monoisotopic (exact) mass is 430 g/mol. The van der Waals surface area contributed by atoms with Crippen LogP contribution in [0.25, 0.3) is 0 Å². The Bertz CT molecular complexity index is 939. The highest BCUT2D eigenvalue weighted by atomic mass is 35.5. The van der Waals surface area contributed by atoms with Crippen LogP contribution in [-0.4, -0.2) is 28.8 Å². The van der Waals surface area contributed by atoms with Crippen LogP contribution in [0.1, 0.15) is 33.5 Å². The molecule has 3 aromatic rings. The standard InChI is InChI=1S/C22H26N4OS.ClH/c1-15-8-9-28-21(15)20(10-16-6-4-3-5-7-16)25-22(27)19-13-23-12-18(19)17-11-24-26(2)14-17;/h3-9,11,14,18-20,23H,10,12-13H2,1-2H3,(H,25,27);1H/t18-,19+,20?;/m1./s1. The van der Waals surface area contributed by atoms with Crippen LogP contribution in [0.4, 0.5) is 0 Å². The van der Waals surface area contributed by atoms with Gasteiger partial charge in [0.1, 0.15) is 0 Å². The largest absolute Gasteiger partial charge is 0.348 e. The van der Waals surface area contributed by atoms with Crippen molar-refractivity contribution in [2.45, 2.75) is 25.3 Å². The summed E-state index contributed by atoms with van der Waals surface area (Å²) in [6.07, 6.45) is 4.69. The lowest BCUT2D eigenvalue weighted by Crippen LogP contribution is -2.37. The maximum Gasteiger partial charge on any atom is 0.225 e. The summed E-state index contributed by atoms with van der Waals surface area (Å²) in [6.45, 7) is 3.63. The van der Waals surface area contributed by atoms with E-state index in [1.165, 1.54) is 16.0 Å². The quantitative estimate of drug-likeness (QED) is 0.628. The molecule has 1 aromatic carbocycles. The van der Waals surface area contributed by atoms with Gasteiger partial charge in [0.05, 0.1) is 18.2 Å². The molecule has 3 atom stereocenters. The van der Waals surface area contributed by atoms with Gasteiger partial charge in [0.2, 0.25) is 5.91 Å². The third-order valence-electron chi connectivity index (χ3n) is 5.52.